The van der Waals surface area contributed by atoms with Crippen molar-refractivity contribution in [3.05, 3.63) is 85.3 Å². The quantitative estimate of drug-likeness (QED) is 0.361. The largest absolute Gasteiger partial charge is 0.493 e. The molecule has 0 aliphatic heterocycles. The standard InChI is InChI=1S/C21H17BrCl3NO2/c1-27-20-8-14(11-26-16-5-6-18(24)19(25)9-16)17(22)10-21(20)28-12-13-3-2-4-15(23)7-13/h2-10,26H,11-12H2,1H3. The normalized spacial score (nSPS) is 10.6. The molecule has 0 unspecified atom stereocenters. The van der Waals surface area contributed by atoms with E-state index in [4.69, 9.17) is 44.3 Å². The zero-order valence-corrected chi connectivity index (χ0v) is 18.8. The minimum absolute atomic E-state index is 0.393. The van der Waals surface area contributed by atoms with Gasteiger partial charge in [-0.1, -0.05) is 62.9 Å². The Labute approximate surface area is 187 Å². The Morgan fingerprint density at radius 3 is 2.46 bits per heavy atom. The molecule has 0 bridgehead atoms. The van der Waals surface area contributed by atoms with Gasteiger partial charge in [0.15, 0.2) is 11.5 Å². The smallest absolute Gasteiger partial charge is 0.162 e. The Morgan fingerprint density at radius 1 is 0.929 bits per heavy atom. The van der Waals surface area contributed by atoms with E-state index in [2.05, 4.69) is 21.2 Å². The molecule has 0 radical (unpaired) electrons. The van der Waals surface area contributed by atoms with E-state index >= 15 is 0 Å². The first kappa shape index (κ1) is 21.1. The maximum atomic E-state index is 6.06. The van der Waals surface area contributed by atoms with Crippen LogP contribution in [0, 0.1) is 0 Å². The minimum atomic E-state index is 0.393. The van der Waals surface area contributed by atoms with Crippen LogP contribution in [0.15, 0.2) is 59.1 Å². The van der Waals surface area contributed by atoms with E-state index in [9.17, 15) is 0 Å². The summed E-state index contributed by atoms with van der Waals surface area (Å²) in [5, 5.41) is 5.03. The molecule has 3 aromatic rings. The van der Waals surface area contributed by atoms with Crippen molar-refractivity contribution in [2.45, 2.75) is 13.2 Å². The summed E-state index contributed by atoms with van der Waals surface area (Å²) in [6.07, 6.45) is 0. The minimum Gasteiger partial charge on any atom is -0.493 e. The van der Waals surface area contributed by atoms with Gasteiger partial charge in [0.05, 0.1) is 17.2 Å². The van der Waals surface area contributed by atoms with Gasteiger partial charge in [-0.3, -0.25) is 0 Å². The maximum Gasteiger partial charge on any atom is 0.162 e. The molecule has 7 heteroatoms. The van der Waals surface area contributed by atoms with Crippen molar-refractivity contribution in [2.75, 3.05) is 12.4 Å². The molecule has 1 N–H and O–H groups in total. The van der Waals surface area contributed by atoms with Crippen molar-refractivity contribution in [1.82, 2.24) is 0 Å². The van der Waals surface area contributed by atoms with Crippen LogP contribution in [-0.4, -0.2) is 7.11 Å². The lowest BCUT2D eigenvalue weighted by atomic mass is 10.2. The average molecular weight is 502 g/mol. The lowest BCUT2D eigenvalue weighted by molar-refractivity contribution is 0.284. The van der Waals surface area contributed by atoms with Gasteiger partial charge in [0, 0.05) is 21.7 Å². The summed E-state index contributed by atoms with van der Waals surface area (Å²) in [5.41, 5.74) is 2.87. The number of ether oxygens (including phenoxy) is 2. The molecule has 0 atom stereocenters. The van der Waals surface area contributed by atoms with Gasteiger partial charge in [-0.05, 0) is 53.6 Å². The van der Waals surface area contributed by atoms with Crippen LogP contribution in [0.3, 0.4) is 0 Å². The summed E-state index contributed by atoms with van der Waals surface area (Å²) < 4.78 is 12.3. The number of hydrogen-bond donors (Lipinski definition) is 1. The highest BCUT2D eigenvalue weighted by Crippen LogP contribution is 2.35. The highest BCUT2D eigenvalue weighted by atomic mass is 79.9. The van der Waals surface area contributed by atoms with E-state index in [0.717, 1.165) is 21.3 Å². The van der Waals surface area contributed by atoms with Gasteiger partial charge in [0.2, 0.25) is 0 Å². The van der Waals surface area contributed by atoms with Crippen molar-refractivity contribution in [2.24, 2.45) is 0 Å². The molecule has 0 saturated heterocycles. The molecule has 28 heavy (non-hydrogen) atoms. The Kier molecular flexibility index (Phi) is 7.36. The van der Waals surface area contributed by atoms with Gasteiger partial charge in [0.1, 0.15) is 6.61 Å². The first-order valence-electron chi connectivity index (χ1n) is 8.39. The third-order valence-electron chi connectivity index (χ3n) is 4.02. The molecule has 0 saturated carbocycles. The number of nitrogens with one attached hydrogen (secondary N) is 1. The Morgan fingerprint density at radius 2 is 1.75 bits per heavy atom. The van der Waals surface area contributed by atoms with Gasteiger partial charge in [-0.2, -0.15) is 0 Å². The summed E-state index contributed by atoms with van der Waals surface area (Å²) in [5.74, 6) is 1.30. The summed E-state index contributed by atoms with van der Waals surface area (Å²) in [6.45, 7) is 0.966. The molecule has 3 nitrogen and oxygen atoms in total. The van der Waals surface area contributed by atoms with E-state index in [1.807, 2.05) is 42.5 Å². The van der Waals surface area contributed by atoms with Crippen LogP contribution in [0.2, 0.25) is 15.1 Å². The molecule has 0 amide bonds. The number of anilines is 1. The fourth-order valence-electron chi connectivity index (χ4n) is 2.58. The van der Waals surface area contributed by atoms with Gasteiger partial charge < -0.3 is 14.8 Å². The van der Waals surface area contributed by atoms with Crippen LogP contribution in [0.1, 0.15) is 11.1 Å². The molecule has 0 heterocycles. The molecule has 0 aliphatic carbocycles. The second kappa shape index (κ2) is 9.75. The Bertz CT molecular complexity index is 982. The molecular formula is C21H17BrCl3NO2. The molecule has 0 spiro atoms. The molecule has 3 rings (SSSR count). The predicted octanol–water partition coefficient (Wildman–Crippen LogP) is 7.61. The second-order valence-electron chi connectivity index (χ2n) is 6.00. The first-order chi connectivity index (χ1) is 13.5. The monoisotopic (exact) mass is 499 g/mol. The summed E-state index contributed by atoms with van der Waals surface area (Å²) in [7, 11) is 1.62. The van der Waals surface area contributed by atoms with E-state index in [-0.39, 0.29) is 0 Å². The Hall–Kier alpha value is -1.59. The molecular weight excluding hydrogens is 484 g/mol. The topological polar surface area (TPSA) is 30.5 Å². The molecule has 0 aliphatic rings. The van der Waals surface area contributed by atoms with Crippen LogP contribution < -0.4 is 14.8 Å². The number of methoxy groups -OCH3 is 1. The van der Waals surface area contributed by atoms with E-state index in [0.29, 0.717) is 39.7 Å². The molecule has 0 fully saturated rings. The van der Waals surface area contributed by atoms with Crippen molar-refractivity contribution in [1.29, 1.82) is 0 Å². The summed E-state index contributed by atoms with van der Waals surface area (Å²) in [4.78, 5) is 0. The number of rotatable bonds is 7. The zero-order chi connectivity index (χ0) is 20.1. The lowest BCUT2D eigenvalue weighted by Gasteiger charge is -2.15. The van der Waals surface area contributed by atoms with Gasteiger partial charge in [0.25, 0.3) is 0 Å². The fourth-order valence-corrected chi connectivity index (χ4v) is 3.55. The number of benzene rings is 3. The number of hydrogen-bond acceptors (Lipinski definition) is 3. The molecule has 0 aromatic heterocycles. The van der Waals surface area contributed by atoms with Crippen LogP contribution in [0.25, 0.3) is 0 Å². The molecule has 3 aromatic carbocycles. The lowest BCUT2D eigenvalue weighted by Crippen LogP contribution is -2.03. The SMILES string of the molecule is COc1cc(CNc2ccc(Cl)c(Cl)c2)c(Br)cc1OCc1cccc(Cl)c1. The maximum absolute atomic E-state index is 6.06. The second-order valence-corrected chi connectivity index (χ2v) is 8.10. The van der Waals surface area contributed by atoms with E-state index in [1.54, 1.807) is 19.2 Å². The fraction of sp³-hybridized carbons (Fsp3) is 0.143. The summed E-state index contributed by atoms with van der Waals surface area (Å²) >= 11 is 21.7. The van der Waals surface area contributed by atoms with Crippen LogP contribution in [0.4, 0.5) is 5.69 Å². The van der Waals surface area contributed by atoms with Gasteiger partial charge in [-0.15, -0.1) is 0 Å². The van der Waals surface area contributed by atoms with Crippen molar-refractivity contribution in [3.8, 4) is 11.5 Å². The predicted molar refractivity (Wildman–Crippen MR) is 120 cm³/mol. The zero-order valence-electron chi connectivity index (χ0n) is 14.9. The van der Waals surface area contributed by atoms with Crippen molar-refractivity contribution in [3.63, 3.8) is 0 Å². The highest BCUT2D eigenvalue weighted by molar-refractivity contribution is 9.10. The van der Waals surface area contributed by atoms with E-state index in [1.165, 1.54) is 0 Å². The third-order valence-corrected chi connectivity index (χ3v) is 5.73. The van der Waals surface area contributed by atoms with Crippen molar-refractivity contribution < 1.29 is 9.47 Å². The van der Waals surface area contributed by atoms with Gasteiger partial charge >= 0.3 is 0 Å². The Balaban J connectivity index is 1.72. The van der Waals surface area contributed by atoms with Gasteiger partial charge in [-0.25, -0.2) is 0 Å². The van der Waals surface area contributed by atoms with Crippen molar-refractivity contribution >= 4 is 56.4 Å². The first-order valence-corrected chi connectivity index (χ1v) is 10.3. The van der Waals surface area contributed by atoms with E-state index < -0.39 is 0 Å². The highest BCUT2D eigenvalue weighted by Gasteiger charge is 2.11. The third kappa shape index (κ3) is 5.48. The number of halogens is 4. The van der Waals surface area contributed by atoms with Crippen LogP contribution in [-0.2, 0) is 13.2 Å². The average Bonchev–Trinajstić information content (AvgIpc) is 2.68. The summed E-state index contributed by atoms with van der Waals surface area (Å²) in [6, 6.07) is 16.8. The van der Waals surface area contributed by atoms with Crippen LogP contribution >= 0.6 is 50.7 Å². The molecule has 146 valence electrons. The van der Waals surface area contributed by atoms with Crippen LogP contribution in [0.5, 0.6) is 11.5 Å².